The van der Waals surface area contributed by atoms with Crippen LogP contribution < -0.4 is 5.32 Å². The third-order valence-electron chi connectivity index (χ3n) is 4.91. The van der Waals surface area contributed by atoms with Crippen LogP contribution in [0.1, 0.15) is 10.4 Å². The summed E-state index contributed by atoms with van der Waals surface area (Å²) in [7, 11) is 0. The van der Waals surface area contributed by atoms with E-state index in [0.29, 0.717) is 27.3 Å². The van der Waals surface area contributed by atoms with Crippen LogP contribution in [0.25, 0.3) is 17.2 Å². The molecule has 2 heterocycles. The fraction of sp³-hybridized carbons (Fsp3) is 0.0833. The SMILES string of the molecule is O=C(O)Cc1ccc(NC(=O)CN2C(=O)C(=Cc3cc(-c4ccc(F)c(F)c4)cs3)SC2=S)cc1. The first-order valence-electron chi connectivity index (χ1n) is 10.1. The summed E-state index contributed by atoms with van der Waals surface area (Å²) in [5.74, 6) is -3.68. The Morgan fingerprint density at radius 1 is 1.06 bits per heavy atom. The molecule has 4 rings (SSSR count). The number of benzene rings is 2. The number of halogens is 2. The van der Waals surface area contributed by atoms with Gasteiger partial charge >= 0.3 is 5.97 Å². The van der Waals surface area contributed by atoms with E-state index in [2.05, 4.69) is 5.32 Å². The summed E-state index contributed by atoms with van der Waals surface area (Å²) in [6, 6.07) is 11.8. The molecule has 0 unspecified atom stereocenters. The largest absolute Gasteiger partial charge is 0.481 e. The van der Waals surface area contributed by atoms with E-state index < -0.39 is 29.4 Å². The van der Waals surface area contributed by atoms with Gasteiger partial charge in [-0.25, -0.2) is 8.78 Å². The summed E-state index contributed by atoms with van der Waals surface area (Å²) in [6.07, 6.45) is 1.52. The van der Waals surface area contributed by atoms with E-state index in [-0.39, 0.29) is 17.3 Å². The average molecular weight is 531 g/mol. The van der Waals surface area contributed by atoms with E-state index in [1.165, 1.54) is 22.3 Å². The normalized spacial score (nSPS) is 14.6. The second-order valence-corrected chi connectivity index (χ2v) is 10.1. The molecule has 1 fully saturated rings. The van der Waals surface area contributed by atoms with E-state index in [9.17, 15) is 23.2 Å². The number of nitrogens with zero attached hydrogens (tertiary/aromatic N) is 1. The Kier molecular flexibility index (Phi) is 7.39. The lowest BCUT2D eigenvalue weighted by atomic mass is 10.1. The molecule has 0 bridgehead atoms. The number of thioether (sulfide) groups is 1. The van der Waals surface area contributed by atoms with Gasteiger partial charge in [0.05, 0.1) is 11.3 Å². The van der Waals surface area contributed by atoms with E-state index in [1.54, 1.807) is 41.8 Å². The van der Waals surface area contributed by atoms with Crippen molar-refractivity contribution in [3.8, 4) is 11.1 Å². The molecule has 2 N–H and O–H groups in total. The number of carboxylic acid groups (broad SMARTS) is 1. The Labute approximate surface area is 212 Å². The van der Waals surface area contributed by atoms with Gasteiger partial charge in [-0.05, 0) is 58.5 Å². The fourth-order valence-corrected chi connectivity index (χ4v) is 5.41. The van der Waals surface area contributed by atoms with Gasteiger partial charge in [0.1, 0.15) is 10.9 Å². The maximum absolute atomic E-state index is 13.5. The molecule has 1 saturated heterocycles. The molecule has 2 amide bonds. The number of carboxylic acids is 1. The molecule has 0 spiro atoms. The summed E-state index contributed by atoms with van der Waals surface area (Å²) in [6.45, 7) is -0.274. The van der Waals surface area contributed by atoms with Gasteiger partial charge in [0, 0.05) is 10.6 Å². The molecule has 2 aromatic carbocycles. The molecule has 0 radical (unpaired) electrons. The predicted octanol–water partition coefficient (Wildman–Crippen LogP) is 5.16. The molecule has 178 valence electrons. The Hall–Kier alpha value is -3.41. The van der Waals surface area contributed by atoms with E-state index in [0.717, 1.165) is 28.8 Å². The highest BCUT2D eigenvalue weighted by Gasteiger charge is 2.33. The van der Waals surface area contributed by atoms with Crippen LogP contribution in [-0.4, -0.2) is 38.7 Å². The Balaban J connectivity index is 1.40. The minimum absolute atomic E-state index is 0.121. The number of carbonyl (C=O) groups is 3. The number of hydrogen-bond donors (Lipinski definition) is 2. The zero-order valence-electron chi connectivity index (χ0n) is 17.8. The lowest BCUT2D eigenvalue weighted by Crippen LogP contribution is -2.36. The molecule has 11 heteroatoms. The summed E-state index contributed by atoms with van der Waals surface area (Å²) in [5, 5.41) is 13.3. The molecule has 0 saturated carbocycles. The fourth-order valence-electron chi connectivity index (χ4n) is 3.25. The molecule has 0 atom stereocenters. The Morgan fingerprint density at radius 2 is 1.80 bits per heavy atom. The van der Waals surface area contributed by atoms with Crippen molar-refractivity contribution in [3.63, 3.8) is 0 Å². The first-order valence-corrected chi connectivity index (χ1v) is 12.2. The van der Waals surface area contributed by atoms with Crippen LogP contribution in [0.3, 0.4) is 0 Å². The van der Waals surface area contributed by atoms with Crippen molar-refractivity contribution in [2.45, 2.75) is 6.42 Å². The van der Waals surface area contributed by atoms with Gasteiger partial charge in [-0.3, -0.25) is 19.3 Å². The smallest absolute Gasteiger partial charge is 0.307 e. The molecule has 1 aliphatic heterocycles. The van der Waals surface area contributed by atoms with Crippen LogP contribution in [0.2, 0.25) is 0 Å². The van der Waals surface area contributed by atoms with Crippen molar-refractivity contribution in [2.75, 3.05) is 11.9 Å². The average Bonchev–Trinajstić information content (AvgIpc) is 3.37. The highest BCUT2D eigenvalue weighted by molar-refractivity contribution is 8.26. The molecule has 0 aliphatic carbocycles. The van der Waals surface area contributed by atoms with Gasteiger partial charge < -0.3 is 10.4 Å². The van der Waals surface area contributed by atoms with Crippen LogP contribution in [-0.2, 0) is 20.8 Å². The lowest BCUT2D eigenvalue weighted by Gasteiger charge is -2.14. The van der Waals surface area contributed by atoms with Gasteiger partial charge in [-0.2, -0.15) is 0 Å². The van der Waals surface area contributed by atoms with Gasteiger partial charge in [-0.1, -0.05) is 42.2 Å². The quantitative estimate of drug-likeness (QED) is 0.324. The van der Waals surface area contributed by atoms with Crippen LogP contribution >= 0.6 is 35.3 Å². The van der Waals surface area contributed by atoms with Crippen molar-refractivity contribution in [1.29, 1.82) is 0 Å². The highest BCUT2D eigenvalue weighted by atomic mass is 32.2. The van der Waals surface area contributed by atoms with Gasteiger partial charge in [0.25, 0.3) is 5.91 Å². The number of amides is 2. The number of anilines is 1. The van der Waals surface area contributed by atoms with Crippen LogP contribution in [0, 0.1) is 11.6 Å². The van der Waals surface area contributed by atoms with Crippen molar-refractivity contribution < 1.29 is 28.3 Å². The monoisotopic (exact) mass is 530 g/mol. The van der Waals surface area contributed by atoms with Gasteiger partial charge in [-0.15, -0.1) is 11.3 Å². The van der Waals surface area contributed by atoms with Crippen molar-refractivity contribution in [3.05, 3.63) is 80.9 Å². The molecule has 35 heavy (non-hydrogen) atoms. The number of nitrogens with one attached hydrogen (secondary N) is 1. The Morgan fingerprint density at radius 3 is 2.49 bits per heavy atom. The maximum atomic E-state index is 13.5. The molecule has 1 aromatic heterocycles. The van der Waals surface area contributed by atoms with Crippen molar-refractivity contribution in [1.82, 2.24) is 4.90 Å². The maximum Gasteiger partial charge on any atom is 0.307 e. The molecule has 6 nitrogen and oxygen atoms in total. The molecule has 3 aromatic rings. The number of carbonyl (C=O) groups excluding carboxylic acids is 2. The summed E-state index contributed by atoms with van der Waals surface area (Å²) < 4.78 is 27.0. The minimum atomic E-state index is -0.952. The van der Waals surface area contributed by atoms with Crippen LogP contribution in [0.15, 0.2) is 58.8 Å². The standard InChI is InChI=1S/C24H16F2N2O4S3/c25-18-6-3-14(9-19(18)26)15-8-17(34-12-15)10-20-23(32)28(24(33)35-20)11-21(29)27-16-4-1-13(2-5-16)7-22(30)31/h1-6,8-10,12H,7,11H2,(H,27,29)(H,30,31). The van der Waals surface area contributed by atoms with E-state index in [1.807, 2.05) is 0 Å². The Bertz CT molecular complexity index is 1370. The second kappa shape index (κ2) is 10.5. The number of rotatable bonds is 7. The first-order chi connectivity index (χ1) is 16.7. The highest BCUT2D eigenvalue weighted by Crippen LogP contribution is 2.35. The van der Waals surface area contributed by atoms with Gasteiger partial charge in [0.2, 0.25) is 5.91 Å². The number of hydrogen-bond acceptors (Lipinski definition) is 6. The summed E-state index contributed by atoms with van der Waals surface area (Å²) >= 11 is 7.68. The molecular weight excluding hydrogens is 514 g/mol. The predicted molar refractivity (Wildman–Crippen MR) is 136 cm³/mol. The van der Waals surface area contributed by atoms with E-state index >= 15 is 0 Å². The molecular formula is C24H16F2N2O4S3. The number of aliphatic carboxylic acids is 1. The summed E-state index contributed by atoms with van der Waals surface area (Å²) in [5.41, 5.74) is 2.26. The zero-order valence-corrected chi connectivity index (χ0v) is 20.2. The first kappa shape index (κ1) is 24.7. The summed E-state index contributed by atoms with van der Waals surface area (Å²) in [4.78, 5) is 38.3. The van der Waals surface area contributed by atoms with Crippen molar-refractivity contribution >= 4 is 69.2 Å². The zero-order chi connectivity index (χ0) is 25.1. The van der Waals surface area contributed by atoms with Crippen LogP contribution in [0.5, 0.6) is 0 Å². The number of thiocarbonyl (C=S) groups is 1. The van der Waals surface area contributed by atoms with E-state index in [4.69, 9.17) is 17.3 Å². The third-order valence-corrected chi connectivity index (χ3v) is 7.17. The lowest BCUT2D eigenvalue weighted by molar-refractivity contribution is -0.136. The van der Waals surface area contributed by atoms with Crippen molar-refractivity contribution in [2.24, 2.45) is 0 Å². The topological polar surface area (TPSA) is 86.7 Å². The van der Waals surface area contributed by atoms with Crippen LogP contribution in [0.4, 0.5) is 14.5 Å². The second-order valence-electron chi connectivity index (χ2n) is 7.45. The minimum Gasteiger partial charge on any atom is -0.481 e. The number of thiophene rings is 1. The molecule has 1 aliphatic rings. The van der Waals surface area contributed by atoms with Gasteiger partial charge in [0.15, 0.2) is 11.6 Å². The third kappa shape index (κ3) is 5.99.